The van der Waals surface area contributed by atoms with Gasteiger partial charge in [-0.05, 0) is 49.7 Å². The largest absolute Gasteiger partial charge is 0.381 e. The second kappa shape index (κ2) is 5.32. The van der Waals surface area contributed by atoms with Crippen molar-refractivity contribution in [2.24, 2.45) is 28.6 Å². The van der Waals surface area contributed by atoms with E-state index in [1.165, 1.54) is 0 Å². The predicted molar refractivity (Wildman–Crippen MR) is 93.0 cm³/mol. The Labute approximate surface area is 152 Å². The molecule has 5 nitrogen and oxygen atoms in total. The lowest BCUT2D eigenvalue weighted by atomic mass is 9.46. The molecule has 0 unspecified atom stereocenters. The molecule has 0 heterocycles. The first-order valence-corrected chi connectivity index (χ1v) is 9.36. The Hall–Kier alpha value is -1.88. The summed E-state index contributed by atoms with van der Waals surface area (Å²) in [6, 6.07) is 0. The molecule has 4 rings (SSSR count). The third kappa shape index (κ3) is 1.95. The highest BCUT2D eigenvalue weighted by Crippen LogP contribution is 2.65. The average molecular weight is 356 g/mol. The maximum absolute atomic E-state index is 13.3. The van der Waals surface area contributed by atoms with Crippen LogP contribution in [-0.2, 0) is 19.2 Å². The fourth-order valence-corrected chi connectivity index (χ4v) is 6.54. The lowest BCUT2D eigenvalue weighted by molar-refractivity contribution is -0.167. The SMILES string of the molecule is C[C@]12C=CC(=O)C=C1CC[C@H]1[C@H]2C(=O)C[C@@]2(C)[C@@H]1CC[C@@]2(O)C(=O)C=O. The number of aldehydes is 1. The first-order chi connectivity index (χ1) is 12.2. The number of Topliss-reactive ketones (excluding diaryl/α,β-unsaturated/α-hetero) is 2. The molecular weight excluding hydrogens is 332 g/mol. The molecule has 6 atom stereocenters. The maximum atomic E-state index is 13.3. The van der Waals surface area contributed by atoms with E-state index in [1.807, 2.05) is 13.0 Å². The minimum atomic E-state index is -1.74. The summed E-state index contributed by atoms with van der Waals surface area (Å²) in [6.07, 6.45) is 7.77. The number of hydrogen-bond acceptors (Lipinski definition) is 5. The van der Waals surface area contributed by atoms with E-state index in [-0.39, 0.29) is 48.4 Å². The third-order valence-electron chi connectivity index (χ3n) is 7.92. The summed E-state index contributed by atoms with van der Waals surface area (Å²) in [5.74, 6) is -0.980. The number of carbonyl (C=O) groups is 4. The van der Waals surface area contributed by atoms with Crippen molar-refractivity contribution >= 4 is 23.6 Å². The molecule has 0 aromatic heterocycles. The van der Waals surface area contributed by atoms with Crippen LogP contribution < -0.4 is 0 Å². The van der Waals surface area contributed by atoms with Crippen LogP contribution in [0.4, 0.5) is 0 Å². The minimum absolute atomic E-state index is 0.0171. The molecule has 0 radical (unpaired) electrons. The van der Waals surface area contributed by atoms with Crippen molar-refractivity contribution in [3.63, 3.8) is 0 Å². The number of aliphatic hydroxyl groups is 1. The Morgan fingerprint density at radius 1 is 1.27 bits per heavy atom. The van der Waals surface area contributed by atoms with Gasteiger partial charge in [-0.25, -0.2) is 0 Å². The second-order valence-electron chi connectivity index (χ2n) is 8.92. The summed E-state index contributed by atoms with van der Waals surface area (Å²) in [7, 11) is 0. The summed E-state index contributed by atoms with van der Waals surface area (Å²) in [5.41, 5.74) is -2.09. The molecule has 1 N–H and O–H groups in total. The predicted octanol–water partition coefficient (Wildman–Crippen LogP) is 1.97. The van der Waals surface area contributed by atoms with Crippen LogP contribution >= 0.6 is 0 Å². The van der Waals surface area contributed by atoms with Gasteiger partial charge in [0.05, 0.1) is 0 Å². The second-order valence-corrected chi connectivity index (χ2v) is 8.92. The lowest BCUT2D eigenvalue weighted by Crippen LogP contribution is -2.60. The van der Waals surface area contributed by atoms with E-state index in [2.05, 4.69) is 0 Å². The Morgan fingerprint density at radius 3 is 2.69 bits per heavy atom. The molecule has 3 saturated carbocycles. The first kappa shape index (κ1) is 17.5. The zero-order chi connectivity index (χ0) is 18.9. The highest BCUT2D eigenvalue weighted by Gasteiger charge is 2.68. The molecule has 0 aromatic carbocycles. The lowest BCUT2D eigenvalue weighted by Gasteiger charge is -2.56. The standard InChI is InChI=1S/C21H24O5/c1-19-7-5-13(23)9-12(19)3-4-14-15-6-8-21(26,17(25)11-22)20(15,2)10-16(24)18(14)19/h5,7,9,11,14-15,18,26H,3-4,6,8,10H2,1-2H3/t14-,15-,18+,19+,20+,21-/m1/s1. The molecule has 5 heteroatoms. The van der Waals surface area contributed by atoms with Crippen molar-refractivity contribution in [3.8, 4) is 0 Å². The molecule has 0 bridgehead atoms. The van der Waals surface area contributed by atoms with E-state index in [0.29, 0.717) is 6.42 Å². The molecule has 4 aliphatic carbocycles. The molecule has 26 heavy (non-hydrogen) atoms. The van der Waals surface area contributed by atoms with Gasteiger partial charge in [0.1, 0.15) is 11.4 Å². The Balaban J connectivity index is 1.77. The highest BCUT2D eigenvalue weighted by molar-refractivity contribution is 6.29. The van der Waals surface area contributed by atoms with Crippen molar-refractivity contribution in [2.75, 3.05) is 0 Å². The van der Waals surface area contributed by atoms with Crippen molar-refractivity contribution in [1.29, 1.82) is 0 Å². The van der Waals surface area contributed by atoms with Gasteiger partial charge in [-0.1, -0.05) is 25.5 Å². The van der Waals surface area contributed by atoms with Crippen LogP contribution in [0.1, 0.15) is 46.0 Å². The van der Waals surface area contributed by atoms with Crippen molar-refractivity contribution in [3.05, 3.63) is 23.8 Å². The van der Waals surface area contributed by atoms with Crippen LogP contribution in [0.5, 0.6) is 0 Å². The van der Waals surface area contributed by atoms with Gasteiger partial charge in [0.15, 0.2) is 12.1 Å². The maximum Gasteiger partial charge on any atom is 0.227 e. The monoisotopic (exact) mass is 356 g/mol. The molecule has 4 aliphatic rings. The van der Waals surface area contributed by atoms with Gasteiger partial charge in [-0.2, -0.15) is 0 Å². The zero-order valence-electron chi connectivity index (χ0n) is 15.2. The van der Waals surface area contributed by atoms with Gasteiger partial charge in [-0.3, -0.25) is 19.2 Å². The van der Waals surface area contributed by atoms with E-state index in [1.54, 1.807) is 19.1 Å². The Morgan fingerprint density at radius 2 is 2.00 bits per heavy atom. The number of hydrogen-bond donors (Lipinski definition) is 1. The molecule has 138 valence electrons. The van der Waals surface area contributed by atoms with Crippen LogP contribution in [0.3, 0.4) is 0 Å². The highest BCUT2D eigenvalue weighted by atomic mass is 16.3. The average Bonchev–Trinajstić information content (AvgIpc) is 2.86. The number of allylic oxidation sites excluding steroid dienone is 4. The van der Waals surface area contributed by atoms with Crippen molar-refractivity contribution in [1.82, 2.24) is 0 Å². The molecule has 0 aromatic rings. The van der Waals surface area contributed by atoms with Crippen LogP contribution in [0.25, 0.3) is 0 Å². The Bertz CT molecular complexity index is 792. The Kier molecular flexibility index (Phi) is 3.59. The van der Waals surface area contributed by atoms with Gasteiger partial charge in [0.25, 0.3) is 0 Å². The molecule has 0 aliphatic heterocycles. The van der Waals surface area contributed by atoms with Crippen LogP contribution in [-0.4, -0.2) is 34.3 Å². The van der Waals surface area contributed by atoms with E-state index < -0.39 is 22.2 Å². The van der Waals surface area contributed by atoms with Crippen LogP contribution in [0, 0.1) is 28.6 Å². The van der Waals surface area contributed by atoms with E-state index in [9.17, 15) is 24.3 Å². The molecule has 0 amide bonds. The summed E-state index contributed by atoms with van der Waals surface area (Å²) in [4.78, 5) is 48.3. The molecular formula is C21H24O5. The summed E-state index contributed by atoms with van der Waals surface area (Å²) >= 11 is 0. The fourth-order valence-electron chi connectivity index (χ4n) is 6.54. The third-order valence-corrected chi connectivity index (χ3v) is 7.92. The van der Waals surface area contributed by atoms with Crippen LogP contribution in [0.2, 0.25) is 0 Å². The van der Waals surface area contributed by atoms with Gasteiger partial charge in [-0.15, -0.1) is 0 Å². The minimum Gasteiger partial charge on any atom is -0.381 e. The van der Waals surface area contributed by atoms with E-state index in [0.717, 1.165) is 18.4 Å². The van der Waals surface area contributed by atoms with Gasteiger partial charge < -0.3 is 5.11 Å². The first-order valence-electron chi connectivity index (χ1n) is 9.36. The smallest absolute Gasteiger partial charge is 0.227 e. The van der Waals surface area contributed by atoms with Crippen LogP contribution in [0.15, 0.2) is 23.8 Å². The normalized spacial score (nSPS) is 46.9. The van der Waals surface area contributed by atoms with Gasteiger partial charge in [0, 0.05) is 23.2 Å². The fraction of sp³-hybridized carbons (Fsp3) is 0.619. The van der Waals surface area contributed by atoms with Gasteiger partial charge in [0.2, 0.25) is 5.78 Å². The molecule has 0 saturated heterocycles. The quantitative estimate of drug-likeness (QED) is 0.604. The number of ketones is 3. The summed E-state index contributed by atoms with van der Waals surface area (Å²) in [5, 5.41) is 11.1. The zero-order valence-corrected chi connectivity index (χ0v) is 15.2. The number of fused-ring (bicyclic) bond motifs is 5. The molecule has 0 spiro atoms. The van der Waals surface area contributed by atoms with E-state index in [4.69, 9.17) is 0 Å². The van der Waals surface area contributed by atoms with E-state index >= 15 is 0 Å². The van der Waals surface area contributed by atoms with Gasteiger partial charge >= 0.3 is 0 Å². The van der Waals surface area contributed by atoms with Crippen molar-refractivity contribution < 1.29 is 24.3 Å². The number of rotatable bonds is 2. The summed E-state index contributed by atoms with van der Waals surface area (Å²) in [6.45, 7) is 3.82. The number of carbonyl (C=O) groups excluding carboxylic acids is 4. The molecule has 3 fully saturated rings. The topological polar surface area (TPSA) is 88.5 Å². The summed E-state index contributed by atoms with van der Waals surface area (Å²) < 4.78 is 0. The van der Waals surface area contributed by atoms with Crippen molar-refractivity contribution in [2.45, 2.75) is 51.6 Å².